The summed E-state index contributed by atoms with van der Waals surface area (Å²) in [5.41, 5.74) is 5.27. The van der Waals surface area contributed by atoms with Crippen LogP contribution in [-0.4, -0.2) is 35.1 Å². The van der Waals surface area contributed by atoms with Gasteiger partial charge in [0.05, 0.1) is 17.7 Å². The van der Waals surface area contributed by atoms with Crippen molar-refractivity contribution in [2.75, 3.05) is 18.8 Å². The minimum Gasteiger partial charge on any atom is -0.383 e. The number of carbonyl (C=O) groups excluding carboxylic acids is 1. The average Bonchev–Trinajstić information content (AvgIpc) is 2.40. The van der Waals surface area contributed by atoms with Crippen molar-refractivity contribution in [1.82, 2.24) is 9.88 Å². The molecule has 2 rings (SSSR count). The van der Waals surface area contributed by atoms with Gasteiger partial charge in [0.2, 0.25) is 0 Å². The number of hydrogen-bond donors (Lipinski definition) is 1. The molecule has 0 aliphatic carbocycles. The molecule has 0 radical (unpaired) electrons. The van der Waals surface area contributed by atoms with Gasteiger partial charge >= 0.3 is 6.18 Å². The normalized spacial score (nSPS) is 20.0. The van der Waals surface area contributed by atoms with Crippen LogP contribution in [0, 0.1) is 11.7 Å². The number of halogens is 4. The second-order valence-electron chi connectivity index (χ2n) is 4.72. The third-order valence-corrected chi connectivity index (χ3v) is 3.29. The third kappa shape index (κ3) is 3.00. The van der Waals surface area contributed by atoms with Gasteiger partial charge in [-0.2, -0.15) is 13.2 Å². The number of anilines is 1. The van der Waals surface area contributed by atoms with Crippen molar-refractivity contribution in [3.8, 4) is 0 Å². The number of carbonyl (C=O) groups is 1. The van der Waals surface area contributed by atoms with E-state index in [1.165, 1.54) is 0 Å². The molecule has 0 bridgehead atoms. The van der Waals surface area contributed by atoms with Crippen LogP contribution in [0.3, 0.4) is 0 Å². The second-order valence-corrected chi connectivity index (χ2v) is 4.72. The monoisotopic (exact) mass is 291 g/mol. The van der Waals surface area contributed by atoms with Crippen molar-refractivity contribution in [1.29, 1.82) is 0 Å². The molecule has 1 aromatic rings. The molecule has 0 saturated carbocycles. The first kappa shape index (κ1) is 14.5. The van der Waals surface area contributed by atoms with Gasteiger partial charge in [0, 0.05) is 13.1 Å². The maximum absolute atomic E-state index is 13.1. The Morgan fingerprint density at radius 2 is 2.15 bits per heavy atom. The average molecular weight is 291 g/mol. The molecule has 1 saturated heterocycles. The van der Waals surface area contributed by atoms with E-state index in [-0.39, 0.29) is 30.8 Å². The van der Waals surface area contributed by atoms with Crippen LogP contribution in [0.15, 0.2) is 12.3 Å². The quantitative estimate of drug-likeness (QED) is 0.807. The van der Waals surface area contributed by atoms with Gasteiger partial charge in [-0.25, -0.2) is 9.37 Å². The third-order valence-electron chi connectivity index (χ3n) is 3.29. The molecule has 2 heterocycles. The SMILES string of the molecule is Nc1ncc(F)cc1C(=O)N1CCCC(C(F)(F)F)C1. The van der Waals surface area contributed by atoms with E-state index in [1.807, 2.05) is 0 Å². The maximum atomic E-state index is 13.1. The number of piperidine rings is 1. The first-order chi connectivity index (χ1) is 9.29. The molecule has 1 aliphatic rings. The molecule has 8 heteroatoms. The van der Waals surface area contributed by atoms with Gasteiger partial charge in [0.1, 0.15) is 11.6 Å². The highest BCUT2D eigenvalue weighted by Gasteiger charge is 2.42. The minimum absolute atomic E-state index is 0.00976. The van der Waals surface area contributed by atoms with Crippen molar-refractivity contribution >= 4 is 11.7 Å². The summed E-state index contributed by atoms with van der Waals surface area (Å²) in [6, 6.07) is 0.891. The number of nitrogens with two attached hydrogens (primary N) is 1. The molecule has 0 spiro atoms. The lowest BCUT2D eigenvalue weighted by Crippen LogP contribution is -2.44. The fourth-order valence-corrected chi connectivity index (χ4v) is 2.22. The highest BCUT2D eigenvalue weighted by molar-refractivity contribution is 5.98. The van der Waals surface area contributed by atoms with Crippen molar-refractivity contribution in [3.05, 3.63) is 23.6 Å². The molecule has 1 fully saturated rings. The summed E-state index contributed by atoms with van der Waals surface area (Å²) >= 11 is 0. The van der Waals surface area contributed by atoms with E-state index < -0.39 is 30.4 Å². The molecule has 1 aromatic heterocycles. The van der Waals surface area contributed by atoms with E-state index in [0.29, 0.717) is 0 Å². The number of amides is 1. The van der Waals surface area contributed by atoms with Gasteiger partial charge in [-0.05, 0) is 18.9 Å². The van der Waals surface area contributed by atoms with Gasteiger partial charge in [-0.3, -0.25) is 4.79 Å². The molecule has 1 unspecified atom stereocenters. The van der Waals surface area contributed by atoms with Crippen molar-refractivity contribution in [2.24, 2.45) is 5.92 Å². The molecular formula is C12H13F4N3O. The van der Waals surface area contributed by atoms with E-state index in [4.69, 9.17) is 5.73 Å². The topological polar surface area (TPSA) is 59.2 Å². The van der Waals surface area contributed by atoms with Crippen molar-refractivity contribution in [2.45, 2.75) is 19.0 Å². The van der Waals surface area contributed by atoms with Crippen molar-refractivity contribution in [3.63, 3.8) is 0 Å². The number of hydrogen-bond acceptors (Lipinski definition) is 3. The van der Waals surface area contributed by atoms with Gasteiger partial charge in [0.25, 0.3) is 5.91 Å². The van der Waals surface area contributed by atoms with Gasteiger partial charge in [0.15, 0.2) is 0 Å². The first-order valence-electron chi connectivity index (χ1n) is 6.06. The molecule has 0 aromatic carbocycles. The number of alkyl halides is 3. The largest absolute Gasteiger partial charge is 0.393 e. The van der Waals surface area contributed by atoms with Crippen LogP contribution in [0.5, 0.6) is 0 Å². The van der Waals surface area contributed by atoms with Crippen molar-refractivity contribution < 1.29 is 22.4 Å². The minimum atomic E-state index is -4.34. The van der Waals surface area contributed by atoms with E-state index >= 15 is 0 Å². The summed E-state index contributed by atoms with van der Waals surface area (Å²) in [5, 5.41) is 0. The molecule has 4 nitrogen and oxygen atoms in total. The van der Waals surface area contributed by atoms with Crippen LogP contribution < -0.4 is 5.73 Å². The fourth-order valence-electron chi connectivity index (χ4n) is 2.22. The lowest BCUT2D eigenvalue weighted by molar-refractivity contribution is -0.184. The van der Waals surface area contributed by atoms with Gasteiger partial charge in [-0.1, -0.05) is 0 Å². The van der Waals surface area contributed by atoms with Gasteiger partial charge in [-0.15, -0.1) is 0 Å². The molecule has 1 amide bonds. The summed E-state index contributed by atoms with van der Waals surface area (Å²) in [5.74, 6) is -3.22. The van der Waals surface area contributed by atoms with E-state index in [0.717, 1.165) is 17.2 Å². The fraction of sp³-hybridized carbons (Fsp3) is 0.500. The van der Waals surface area contributed by atoms with E-state index in [9.17, 15) is 22.4 Å². The maximum Gasteiger partial charge on any atom is 0.393 e. The van der Waals surface area contributed by atoms with Crippen LogP contribution >= 0.6 is 0 Å². The number of aromatic nitrogens is 1. The summed E-state index contributed by atoms with van der Waals surface area (Å²) in [7, 11) is 0. The second kappa shape index (κ2) is 5.26. The summed E-state index contributed by atoms with van der Waals surface area (Å²) in [6.07, 6.45) is -3.26. The van der Waals surface area contributed by atoms with Crippen LogP contribution in [0.4, 0.5) is 23.4 Å². The number of nitrogens with zero attached hydrogens (tertiary/aromatic N) is 2. The Morgan fingerprint density at radius 1 is 1.45 bits per heavy atom. The highest BCUT2D eigenvalue weighted by atomic mass is 19.4. The Balaban J connectivity index is 2.18. The smallest absolute Gasteiger partial charge is 0.383 e. The predicted octanol–water partition coefficient (Wildman–Crippen LogP) is 2.22. The van der Waals surface area contributed by atoms with Crippen LogP contribution in [-0.2, 0) is 0 Å². The zero-order valence-corrected chi connectivity index (χ0v) is 10.5. The number of pyridine rings is 1. The highest BCUT2D eigenvalue weighted by Crippen LogP contribution is 2.33. The lowest BCUT2D eigenvalue weighted by atomic mass is 9.97. The van der Waals surface area contributed by atoms with Crippen LogP contribution in [0.2, 0.25) is 0 Å². The predicted molar refractivity (Wildman–Crippen MR) is 63.3 cm³/mol. The Bertz CT molecular complexity index is 518. The van der Waals surface area contributed by atoms with E-state index in [2.05, 4.69) is 4.98 Å². The van der Waals surface area contributed by atoms with E-state index in [1.54, 1.807) is 0 Å². The molecule has 1 atom stereocenters. The number of rotatable bonds is 1. The molecule has 110 valence electrons. The standard InChI is InChI=1S/C12H13F4N3O/c13-8-4-9(10(17)18-5-8)11(20)19-3-1-2-7(6-19)12(14,15)16/h4-5,7H,1-3,6H2,(H2,17,18). The molecule has 2 N–H and O–H groups in total. The Labute approximate surface area is 112 Å². The van der Waals surface area contributed by atoms with Crippen LogP contribution in [0.1, 0.15) is 23.2 Å². The number of nitrogen functional groups attached to an aromatic ring is 1. The Morgan fingerprint density at radius 3 is 2.80 bits per heavy atom. The van der Waals surface area contributed by atoms with Crippen LogP contribution in [0.25, 0.3) is 0 Å². The molecule has 1 aliphatic heterocycles. The summed E-state index contributed by atoms with van der Waals surface area (Å²) in [4.78, 5) is 16.7. The number of likely N-dealkylation sites (tertiary alicyclic amines) is 1. The zero-order chi connectivity index (χ0) is 14.9. The molecule has 20 heavy (non-hydrogen) atoms. The summed E-state index contributed by atoms with van der Waals surface area (Å²) < 4.78 is 51.1. The van der Waals surface area contributed by atoms with Gasteiger partial charge < -0.3 is 10.6 Å². The summed E-state index contributed by atoms with van der Waals surface area (Å²) in [6.45, 7) is -0.236. The lowest BCUT2D eigenvalue weighted by Gasteiger charge is -2.33. The Kier molecular flexibility index (Phi) is 3.82. The Hall–Kier alpha value is -1.86. The molecular weight excluding hydrogens is 278 g/mol. The first-order valence-corrected chi connectivity index (χ1v) is 6.06. The zero-order valence-electron chi connectivity index (χ0n) is 10.5.